The Hall–Kier alpha value is -0.750. The largest absolute Gasteiger partial charge is 0.365 e. The highest BCUT2D eigenvalue weighted by molar-refractivity contribution is 7.86. The van der Waals surface area contributed by atoms with Gasteiger partial charge in [-0.25, -0.2) is 0 Å². The van der Waals surface area contributed by atoms with Gasteiger partial charge in [0, 0.05) is 11.8 Å². The minimum Gasteiger partial charge on any atom is -0.365 e. The number of carbonyl (C=O) groups excluding carboxylic acids is 1. The van der Waals surface area contributed by atoms with Gasteiger partial charge in [-0.15, -0.1) is 0 Å². The number of hydrogen-bond acceptors (Lipinski definition) is 5. The molecule has 1 aliphatic heterocycles. The number of quaternary nitrogens is 1. The molecule has 3 atom stereocenters. The molecule has 1 heterocycles. The van der Waals surface area contributed by atoms with Crippen molar-refractivity contribution in [2.75, 3.05) is 32.1 Å². The van der Waals surface area contributed by atoms with Gasteiger partial charge in [-0.2, -0.15) is 16.8 Å². The molecule has 4 N–H and O–H groups in total. The quantitative estimate of drug-likeness (QED) is 0.387. The second kappa shape index (κ2) is 5.22. The van der Waals surface area contributed by atoms with E-state index in [0.717, 1.165) is 0 Å². The Balaban J connectivity index is 3.20. The van der Waals surface area contributed by atoms with Crippen molar-refractivity contribution in [3.05, 3.63) is 0 Å². The van der Waals surface area contributed by atoms with E-state index in [-0.39, 0.29) is 11.0 Å². The number of likely N-dealkylation sites (tertiary alicyclic amines) is 1. The lowest BCUT2D eigenvalue weighted by atomic mass is 9.93. The molecule has 0 aromatic carbocycles. The average molecular weight is 331 g/mol. The molecule has 0 saturated carbocycles. The molecule has 20 heavy (non-hydrogen) atoms. The zero-order chi connectivity index (χ0) is 15.9. The molecular weight excluding hydrogens is 312 g/mol. The van der Waals surface area contributed by atoms with Gasteiger partial charge >= 0.3 is 0 Å². The van der Waals surface area contributed by atoms with Crippen LogP contribution in [0.5, 0.6) is 0 Å². The smallest absolute Gasteiger partial charge is 0.276 e. The van der Waals surface area contributed by atoms with Crippen LogP contribution in [-0.2, 0) is 25.0 Å². The van der Waals surface area contributed by atoms with E-state index in [0.29, 0.717) is 0 Å². The van der Waals surface area contributed by atoms with Gasteiger partial charge in [0.15, 0.2) is 6.04 Å². The second-order valence-corrected chi connectivity index (χ2v) is 8.72. The fraction of sp³-hybridized carbons (Fsp3) is 0.889. The van der Waals surface area contributed by atoms with Gasteiger partial charge in [0.25, 0.3) is 26.1 Å². The van der Waals surface area contributed by atoms with E-state index in [1.807, 2.05) is 0 Å². The maximum atomic E-state index is 11.5. The van der Waals surface area contributed by atoms with Crippen molar-refractivity contribution in [2.24, 2.45) is 17.6 Å². The van der Waals surface area contributed by atoms with E-state index >= 15 is 0 Å². The summed E-state index contributed by atoms with van der Waals surface area (Å²) in [5.41, 5.74) is 5.27. The lowest BCUT2D eigenvalue weighted by molar-refractivity contribution is -0.895. The SMILES string of the molecule is C[N+]1(C)CC(CS(=O)(=O)O)C(CS(=O)(=O)O)C1C(N)=O. The lowest BCUT2D eigenvalue weighted by Gasteiger charge is -2.31. The van der Waals surface area contributed by atoms with Crippen molar-refractivity contribution in [2.45, 2.75) is 6.04 Å². The minimum absolute atomic E-state index is 0.00426. The van der Waals surface area contributed by atoms with E-state index in [2.05, 4.69) is 0 Å². The predicted octanol–water partition coefficient (Wildman–Crippen LogP) is -2.06. The number of carbonyl (C=O) groups is 1. The Morgan fingerprint density at radius 2 is 1.60 bits per heavy atom. The first-order valence-corrected chi connectivity index (χ1v) is 8.97. The van der Waals surface area contributed by atoms with Crippen molar-refractivity contribution in [1.29, 1.82) is 0 Å². The van der Waals surface area contributed by atoms with Crippen LogP contribution in [0.4, 0.5) is 0 Å². The standard InChI is InChI=1S/C9H18N2O7S2/c1-11(2)3-6(4-19(13,14)15)7(5-20(16,17)18)8(11)9(10)12/h6-8H,3-5H2,1-2H3,(H3-,10,12,13,14,15,16,17,18)/p+1. The van der Waals surface area contributed by atoms with Crippen molar-refractivity contribution < 1.29 is 35.2 Å². The van der Waals surface area contributed by atoms with Gasteiger partial charge in [-0.3, -0.25) is 13.9 Å². The zero-order valence-electron chi connectivity index (χ0n) is 11.1. The Morgan fingerprint density at radius 3 is 1.95 bits per heavy atom. The number of likely N-dealkylation sites (N-methyl/N-ethyl adjacent to an activating group) is 1. The average Bonchev–Trinajstić information content (AvgIpc) is 2.30. The van der Waals surface area contributed by atoms with Crippen LogP contribution in [-0.4, -0.2) is 74.5 Å². The van der Waals surface area contributed by atoms with Crippen molar-refractivity contribution in [1.82, 2.24) is 0 Å². The van der Waals surface area contributed by atoms with Gasteiger partial charge in [-0.05, 0) is 0 Å². The third-order valence-corrected chi connectivity index (χ3v) is 5.24. The zero-order valence-corrected chi connectivity index (χ0v) is 12.8. The minimum atomic E-state index is -4.41. The van der Waals surface area contributed by atoms with Gasteiger partial charge in [-0.1, -0.05) is 0 Å². The fourth-order valence-electron chi connectivity index (χ4n) is 3.10. The maximum Gasteiger partial charge on any atom is 0.276 e. The fourth-order valence-corrected chi connectivity index (χ4v) is 4.94. The highest BCUT2D eigenvalue weighted by atomic mass is 32.2. The summed E-state index contributed by atoms with van der Waals surface area (Å²) in [5.74, 6) is -4.00. The van der Waals surface area contributed by atoms with Crippen molar-refractivity contribution in [3.8, 4) is 0 Å². The number of hydrogen-bond donors (Lipinski definition) is 3. The maximum absolute atomic E-state index is 11.5. The molecule has 1 aliphatic rings. The molecule has 0 bridgehead atoms. The van der Waals surface area contributed by atoms with Crippen molar-refractivity contribution in [3.63, 3.8) is 0 Å². The van der Waals surface area contributed by atoms with E-state index in [1.165, 1.54) is 0 Å². The molecule has 0 aliphatic carbocycles. The molecule has 3 unspecified atom stereocenters. The Labute approximate surface area is 117 Å². The van der Waals surface area contributed by atoms with Crippen LogP contribution in [0.3, 0.4) is 0 Å². The predicted molar refractivity (Wildman–Crippen MR) is 69.8 cm³/mol. The molecule has 11 heteroatoms. The van der Waals surface area contributed by atoms with E-state index in [4.69, 9.17) is 14.8 Å². The van der Waals surface area contributed by atoms with Crippen LogP contribution >= 0.6 is 0 Å². The molecule has 1 saturated heterocycles. The number of nitrogens with zero attached hydrogens (tertiary/aromatic N) is 1. The van der Waals surface area contributed by atoms with Crippen LogP contribution in [0.15, 0.2) is 0 Å². The summed E-state index contributed by atoms with van der Waals surface area (Å²) in [7, 11) is -5.53. The van der Waals surface area contributed by atoms with Gasteiger partial charge in [0.05, 0.1) is 32.1 Å². The Bertz CT molecular complexity index is 596. The molecule has 1 fully saturated rings. The van der Waals surface area contributed by atoms with Crippen LogP contribution in [0, 0.1) is 11.8 Å². The summed E-state index contributed by atoms with van der Waals surface area (Å²) in [6.45, 7) is 0.146. The topological polar surface area (TPSA) is 152 Å². The molecule has 1 amide bonds. The summed E-state index contributed by atoms with van der Waals surface area (Å²) >= 11 is 0. The molecule has 1 rings (SSSR count). The van der Waals surface area contributed by atoms with E-state index < -0.39 is 55.5 Å². The molecular formula is C9H19N2O7S2+. The Morgan fingerprint density at radius 1 is 1.15 bits per heavy atom. The normalized spacial score (nSPS) is 30.3. The molecule has 0 radical (unpaired) electrons. The molecule has 0 spiro atoms. The van der Waals surface area contributed by atoms with Crippen LogP contribution < -0.4 is 5.73 Å². The lowest BCUT2D eigenvalue weighted by Crippen LogP contribution is -2.53. The molecule has 0 aromatic rings. The summed E-state index contributed by atoms with van der Waals surface area (Å²) in [4.78, 5) is 11.5. The monoisotopic (exact) mass is 331 g/mol. The third kappa shape index (κ3) is 4.38. The number of primary amides is 1. The molecule has 118 valence electrons. The molecule has 9 nitrogen and oxygen atoms in total. The van der Waals surface area contributed by atoms with Crippen LogP contribution in [0.25, 0.3) is 0 Å². The number of nitrogens with two attached hydrogens (primary N) is 1. The van der Waals surface area contributed by atoms with Crippen molar-refractivity contribution >= 4 is 26.1 Å². The number of amides is 1. The Kier molecular flexibility index (Phi) is 4.52. The summed E-state index contributed by atoms with van der Waals surface area (Å²) in [5, 5.41) is 0. The first-order valence-electron chi connectivity index (χ1n) is 5.75. The summed E-state index contributed by atoms with van der Waals surface area (Å²) in [6.07, 6.45) is 0. The number of rotatable bonds is 5. The molecule has 0 aromatic heterocycles. The first kappa shape index (κ1) is 17.3. The summed E-state index contributed by atoms with van der Waals surface area (Å²) < 4.78 is 62.0. The van der Waals surface area contributed by atoms with Gasteiger partial charge in [0.1, 0.15) is 0 Å². The first-order chi connectivity index (χ1) is 8.73. The third-order valence-electron chi connectivity index (χ3n) is 3.59. The van der Waals surface area contributed by atoms with Crippen LogP contribution in [0.1, 0.15) is 0 Å². The second-order valence-electron chi connectivity index (χ2n) is 5.73. The van der Waals surface area contributed by atoms with E-state index in [9.17, 15) is 21.6 Å². The van der Waals surface area contributed by atoms with Crippen LogP contribution in [0.2, 0.25) is 0 Å². The summed E-state index contributed by atoms with van der Waals surface area (Å²) in [6, 6.07) is -0.955. The van der Waals surface area contributed by atoms with Gasteiger partial charge in [0.2, 0.25) is 0 Å². The van der Waals surface area contributed by atoms with E-state index in [1.54, 1.807) is 14.1 Å². The van der Waals surface area contributed by atoms with Gasteiger partial charge < -0.3 is 10.2 Å². The highest BCUT2D eigenvalue weighted by Crippen LogP contribution is 2.35. The highest BCUT2D eigenvalue weighted by Gasteiger charge is 2.54.